The van der Waals surface area contributed by atoms with E-state index in [-0.39, 0.29) is 17.4 Å². The number of nitrogens with one attached hydrogen (secondary N) is 1. The van der Waals surface area contributed by atoms with E-state index in [2.05, 4.69) is 5.32 Å². The molecule has 1 atom stereocenters. The second-order valence-electron chi connectivity index (χ2n) is 6.16. The molecule has 0 aromatic rings. The lowest BCUT2D eigenvalue weighted by molar-refractivity contribution is -0.123. The third kappa shape index (κ3) is 3.70. The molecule has 0 radical (unpaired) electrons. The van der Waals surface area contributed by atoms with Crippen LogP contribution in [0.3, 0.4) is 0 Å². The number of hydrogen-bond donors (Lipinski definition) is 1. The van der Waals surface area contributed by atoms with Crippen molar-refractivity contribution in [2.45, 2.75) is 57.4 Å². The Balaban J connectivity index is 1.84. The fourth-order valence-electron chi connectivity index (χ4n) is 3.15. The standard InChI is InChI=1S/C13H23NO3S/c1-13(7-8-18(16,17)10-13)14-12(15)9-11-5-3-2-4-6-11/h11H,2-10H2,1H3,(H,14,15)/t13-/m1/s1. The summed E-state index contributed by atoms with van der Waals surface area (Å²) in [6.45, 7) is 1.84. The molecule has 0 aromatic heterocycles. The Morgan fingerprint density at radius 2 is 1.94 bits per heavy atom. The number of rotatable bonds is 3. The van der Waals surface area contributed by atoms with Crippen LogP contribution in [-0.2, 0) is 14.6 Å². The molecule has 1 N–H and O–H groups in total. The first-order chi connectivity index (χ1) is 8.39. The van der Waals surface area contributed by atoms with Gasteiger partial charge in [-0.3, -0.25) is 4.79 Å². The number of carbonyl (C=O) groups excluding carboxylic acids is 1. The molecule has 1 saturated heterocycles. The van der Waals surface area contributed by atoms with Crippen molar-refractivity contribution in [3.63, 3.8) is 0 Å². The molecule has 2 fully saturated rings. The molecule has 5 heteroatoms. The maximum Gasteiger partial charge on any atom is 0.220 e. The van der Waals surface area contributed by atoms with Gasteiger partial charge in [0.1, 0.15) is 0 Å². The summed E-state index contributed by atoms with van der Waals surface area (Å²) in [7, 11) is -2.95. The van der Waals surface area contributed by atoms with Crippen LogP contribution in [0.25, 0.3) is 0 Å². The van der Waals surface area contributed by atoms with Crippen molar-refractivity contribution in [3.8, 4) is 0 Å². The highest BCUT2D eigenvalue weighted by Crippen LogP contribution is 2.27. The minimum absolute atomic E-state index is 0.0292. The molecule has 1 aliphatic carbocycles. The molecule has 2 aliphatic rings. The topological polar surface area (TPSA) is 63.2 Å². The summed E-state index contributed by atoms with van der Waals surface area (Å²) in [5.41, 5.74) is -0.537. The van der Waals surface area contributed by atoms with Gasteiger partial charge in [0, 0.05) is 6.42 Å². The molecule has 0 bridgehead atoms. The number of amides is 1. The van der Waals surface area contributed by atoms with Crippen LogP contribution in [0.4, 0.5) is 0 Å². The molecule has 0 spiro atoms. The Morgan fingerprint density at radius 3 is 2.50 bits per heavy atom. The highest BCUT2D eigenvalue weighted by Gasteiger charge is 2.39. The molecule has 1 saturated carbocycles. The van der Waals surface area contributed by atoms with Crippen molar-refractivity contribution >= 4 is 15.7 Å². The van der Waals surface area contributed by atoms with Gasteiger partial charge in [-0.2, -0.15) is 0 Å². The van der Waals surface area contributed by atoms with Crippen molar-refractivity contribution in [2.75, 3.05) is 11.5 Å². The summed E-state index contributed by atoms with van der Waals surface area (Å²) in [4.78, 5) is 12.0. The first kappa shape index (κ1) is 13.8. The van der Waals surface area contributed by atoms with E-state index in [1.807, 2.05) is 6.92 Å². The highest BCUT2D eigenvalue weighted by atomic mass is 32.2. The summed E-state index contributed by atoms with van der Waals surface area (Å²) in [6, 6.07) is 0. The molecular weight excluding hydrogens is 250 g/mol. The Morgan fingerprint density at radius 1 is 1.28 bits per heavy atom. The first-order valence-corrected chi connectivity index (χ1v) is 8.72. The summed E-state index contributed by atoms with van der Waals surface area (Å²) >= 11 is 0. The zero-order valence-electron chi connectivity index (χ0n) is 11.1. The lowest BCUT2D eigenvalue weighted by Gasteiger charge is -2.26. The van der Waals surface area contributed by atoms with Gasteiger partial charge in [0.05, 0.1) is 17.0 Å². The van der Waals surface area contributed by atoms with E-state index < -0.39 is 15.4 Å². The van der Waals surface area contributed by atoms with Crippen LogP contribution in [-0.4, -0.2) is 31.4 Å². The lowest BCUT2D eigenvalue weighted by Crippen LogP contribution is -2.47. The number of carbonyl (C=O) groups is 1. The van der Waals surface area contributed by atoms with E-state index in [4.69, 9.17) is 0 Å². The van der Waals surface area contributed by atoms with Crippen LogP contribution < -0.4 is 5.32 Å². The fourth-order valence-corrected chi connectivity index (χ4v) is 5.24. The van der Waals surface area contributed by atoms with E-state index in [9.17, 15) is 13.2 Å². The van der Waals surface area contributed by atoms with Crippen molar-refractivity contribution in [3.05, 3.63) is 0 Å². The predicted octanol–water partition coefficient (Wildman–Crippen LogP) is 1.65. The van der Waals surface area contributed by atoms with Gasteiger partial charge in [-0.1, -0.05) is 19.3 Å². The zero-order chi connectivity index (χ0) is 13.2. The van der Waals surface area contributed by atoms with E-state index in [1.165, 1.54) is 19.3 Å². The highest BCUT2D eigenvalue weighted by molar-refractivity contribution is 7.91. The summed E-state index contributed by atoms with van der Waals surface area (Å²) in [5.74, 6) is 0.825. The maximum absolute atomic E-state index is 12.0. The maximum atomic E-state index is 12.0. The molecule has 1 amide bonds. The molecule has 104 valence electrons. The van der Waals surface area contributed by atoms with Crippen molar-refractivity contribution in [2.24, 2.45) is 5.92 Å². The van der Waals surface area contributed by atoms with Gasteiger partial charge in [-0.25, -0.2) is 8.42 Å². The molecule has 4 nitrogen and oxygen atoms in total. The Kier molecular flexibility index (Phi) is 3.99. The predicted molar refractivity (Wildman–Crippen MR) is 71.0 cm³/mol. The van der Waals surface area contributed by atoms with Crippen LogP contribution in [0, 0.1) is 5.92 Å². The Bertz CT molecular complexity index is 412. The van der Waals surface area contributed by atoms with Crippen molar-refractivity contribution in [1.82, 2.24) is 5.32 Å². The average molecular weight is 273 g/mol. The van der Waals surface area contributed by atoms with Crippen LogP contribution in [0.5, 0.6) is 0 Å². The van der Waals surface area contributed by atoms with Gasteiger partial charge < -0.3 is 5.32 Å². The third-order valence-corrected chi connectivity index (χ3v) is 6.05. The molecule has 0 unspecified atom stereocenters. The van der Waals surface area contributed by atoms with Gasteiger partial charge in [0.25, 0.3) is 0 Å². The third-order valence-electron chi connectivity index (χ3n) is 4.14. The fraction of sp³-hybridized carbons (Fsp3) is 0.923. The first-order valence-electron chi connectivity index (χ1n) is 6.90. The van der Waals surface area contributed by atoms with Crippen molar-refractivity contribution < 1.29 is 13.2 Å². The van der Waals surface area contributed by atoms with Gasteiger partial charge in [-0.05, 0) is 32.1 Å². The van der Waals surface area contributed by atoms with Gasteiger partial charge >= 0.3 is 0 Å². The smallest absolute Gasteiger partial charge is 0.220 e. The van der Waals surface area contributed by atoms with Crippen LogP contribution >= 0.6 is 0 Å². The molecule has 1 heterocycles. The monoisotopic (exact) mass is 273 g/mol. The Hall–Kier alpha value is -0.580. The second-order valence-corrected chi connectivity index (χ2v) is 8.34. The van der Waals surface area contributed by atoms with Gasteiger partial charge in [0.15, 0.2) is 9.84 Å². The van der Waals surface area contributed by atoms with Crippen LogP contribution in [0.15, 0.2) is 0 Å². The van der Waals surface area contributed by atoms with E-state index in [0.29, 0.717) is 18.8 Å². The normalized spacial score (nSPS) is 32.3. The molecule has 0 aromatic carbocycles. The lowest BCUT2D eigenvalue weighted by atomic mass is 9.86. The minimum Gasteiger partial charge on any atom is -0.350 e. The minimum atomic E-state index is -2.95. The summed E-state index contributed by atoms with van der Waals surface area (Å²) in [5, 5.41) is 2.94. The van der Waals surface area contributed by atoms with E-state index in [0.717, 1.165) is 12.8 Å². The molecule has 2 rings (SSSR count). The quantitative estimate of drug-likeness (QED) is 0.850. The van der Waals surface area contributed by atoms with Crippen LogP contribution in [0.2, 0.25) is 0 Å². The van der Waals surface area contributed by atoms with E-state index >= 15 is 0 Å². The summed E-state index contributed by atoms with van der Waals surface area (Å²) in [6.07, 6.45) is 7.13. The molecule has 18 heavy (non-hydrogen) atoms. The largest absolute Gasteiger partial charge is 0.350 e. The second kappa shape index (κ2) is 5.19. The number of sulfone groups is 1. The molecule has 1 aliphatic heterocycles. The van der Waals surface area contributed by atoms with Gasteiger partial charge in [-0.15, -0.1) is 0 Å². The Labute approximate surface area is 109 Å². The van der Waals surface area contributed by atoms with E-state index in [1.54, 1.807) is 0 Å². The van der Waals surface area contributed by atoms with Crippen molar-refractivity contribution in [1.29, 1.82) is 0 Å². The van der Waals surface area contributed by atoms with Crippen LogP contribution in [0.1, 0.15) is 51.9 Å². The summed E-state index contributed by atoms with van der Waals surface area (Å²) < 4.78 is 22.9. The average Bonchev–Trinajstić information content (AvgIpc) is 2.53. The van der Waals surface area contributed by atoms with Gasteiger partial charge in [0.2, 0.25) is 5.91 Å². The molecular formula is C13H23NO3S. The number of hydrogen-bond acceptors (Lipinski definition) is 3. The SMILES string of the molecule is C[C@@]1(NC(=O)CC2CCCCC2)CCS(=O)(=O)C1. The zero-order valence-corrected chi connectivity index (χ0v) is 11.9.